The van der Waals surface area contributed by atoms with E-state index in [1.54, 1.807) is 0 Å². The summed E-state index contributed by atoms with van der Waals surface area (Å²) in [6, 6.07) is 14.4. The number of nitrogen functional groups attached to an aromatic ring is 2. The summed E-state index contributed by atoms with van der Waals surface area (Å²) in [5.41, 5.74) is 17.4. The summed E-state index contributed by atoms with van der Waals surface area (Å²) in [5.74, 6) is 0. The topological polar surface area (TPSA) is 52.0 Å². The zero-order valence-corrected chi connectivity index (χ0v) is 16.5. The number of anilines is 2. The van der Waals surface area contributed by atoms with Crippen molar-refractivity contribution < 1.29 is 0 Å². The molecular formula is C24H36N2. The SMILES string of the molecule is CCCCCCCCCCCCc1cc(N)ccc1-c1ccc(N)cc1. The van der Waals surface area contributed by atoms with Crippen LogP contribution in [0.15, 0.2) is 42.5 Å². The van der Waals surface area contributed by atoms with Crippen molar-refractivity contribution in [3.05, 3.63) is 48.0 Å². The Hall–Kier alpha value is -1.96. The smallest absolute Gasteiger partial charge is 0.0317 e. The summed E-state index contributed by atoms with van der Waals surface area (Å²) in [7, 11) is 0. The van der Waals surface area contributed by atoms with Gasteiger partial charge in [0.15, 0.2) is 0 Å². The molecule has 0 saturated carbocycles. The second kappa shape index (κ2) is 11.6. The van der Waals surface area contributed by atoms with Gasteiger partial charge in [0.1, 0.15) is 0 Å². The van der Waals surface area contributed by atoms with Crippen molar-refractivity contribution in [2.75, 3.05) is 11.5 Å². The zero-order valence-electron chi connectivity index (χ0n) is 16.5. The Morgan fingerprint density at radius 3 is 1.77 bits per heavy atom. The van der Waals surface area contributed by atoms with Crippen molar-refractivity contribution in [2.45, 2.75) is 77.6 Å². The fourth-order valence-electron chi connectivity index (χ4n) is 3.57. The van der Waals surface area contributed by atoms with Gasteiger partial charge in [0.25, 0.3) is 0 Å². The van der Waals surface area contributed by atoms with Crippen LogP contribution < -0.4 is 11.5 Å². The summed E-state index contributed by atoms with van der Waals surface area (Å²) < 4.78 is 0. The first-order chi connectivity index (χ1) is 12.7. The first kappa shape index (κ1) is 20.4. The highest BCUT2D eigenvalue weighted by Gasteiger charge is 2.06. The molecule has 0 radical (unpaired) electrons. The van der Waals surface area contributed by atoms with Crippen LogP contribution in [-0.4, -0.2) is 0 Å². The van der Waals surface area contributed by atoms with Gasteiger partial charge in [0.05, 0.1) is 0 Å². The third-order valence-corrected chi connectivity index (χ3v) is 5.15. The predicted molar refractivity (Wildman–Crippen MR) is 116 cm³/mol. The number of benzene rings is 2. The number of unbranched alkanes of at least 4 members (excludes halogenated alkanes) is 9. The van der Waals surface area contributed by atoms with E-state index in [0.717, 1.165) is 17.8 Å². The molecule has 0 unspecified atom stereocenters. The Morgan fingerprint density at radius 2 is 1.15 bits per heavy atom. The Kier molecular flexibility index (Phi) is 9.09. The number of nitrogens with two attached hydrogens (primary N) is 2. The van der Waals surface area contributed by atoms with Crippen LogP contribution in [0.5, 0.6) is 0 Å². The van der Waals surface area contributed by atoms with Gasteiger partial charge in [-0.3, -0.25) is 0 Å². The Labute approximate surface area is 160 Å². The summed E-state index contributed by atoms with van der Waals surface area (Å²) in [4.78, 5) is 0. The average molecular weight is 353 g/mol. The first-order valence-corrected chi connectivity index (χ1v) is 10.4. The summed E-state index contributed by atoms with van der Waals surface area (Å²) >= 11 is 0. The highest BCUT2D eigenvalue weighted by Crippen LogP contribution is 2.28. The summed E-state index contributed by atoms with van der Waals surface area (Å²) in [5, 5.41) is 0. The maximum atomic E-state index is 6.03. The molecule has 2 rings (SSSR count). The number of hydrogen-bond donors (Lipinski definition) is 2. The van der Waals surface area contributed by atoms with Gasteiger partial charge in [-0.05, 0) is 53.8 Å². The molecule has 0 heterocycles. The van der Waals surface area contributed by atoms with Crippen molar-refractivity contribution in [2.24, 2.45) is 0 Å². The molecule has 0 amide bonds. The molecular weight excluding hydrogens is 316 g/mol. The molecule has 0 aliphatic carbocycles. The van der Waals surface area contributed by atoms with Gasteiger partial charge in [0.2, 0.25) is 0 Å². The predicted octanol–water partition coefficient (Wildman–Crippen LogP) is 6.98. The third kappa shape index (κ3) is 7.11. The lowest BCUT2D eigenvalue weighted by atomic mass is 9.95. The molecule has 0 atom stereocenters. The van der Waals surface area contributed by atoms with Gasteiger partial charge in [-0.1, -0.05) is 82.9 Å². The van der Waals surface area contributed by atoms with Gasteiger partial charge in [-0.2, -0.15) is 0 Å². The molecule has 0 aliphatic heterocycles. The van der Waals surface area contributed by atoms with E-state index in [1.165, 1.54) is 80.9 Å². The largest absolute Gasteiger partial charge is 0.399 e. The van der Waals surface area contributed by atoms with Crippen molar-refractivity contribution in [1.29, 1.82) is 0 Å². The molecule has 2 aromatic carbocycles. The van der Waals surface area contributed by atoms with Gasteiger partial charge < -0.3 is 11.5 Å². The Morgan fingerprint density at radius 1 is 0.615 bits per heavy atom. The third-order valence-electron chi connectivity index (χ3n) is 5.15. The normalized spacial score (nSPS) is 11.0. The lowest BCUT2D eigenvalue weighted by Crippen LogP contribution is -1.95. The minimum absolute atomic E-state index is 0.806. The van der Waals surface area contributed by atoms with E-state index in [0.29, 0.717) is 0 Å². The minimum Gasteiger partial charge on any atom is -0.399 e. The van der Waals surface area contributed by atoms with Crippen molar-refractivity contribution >= 4 is 11.4 Å². The molecule has 2 heteroatoms. The van der Waals surface area contributed by atoms with Gasteiger partial charge in [0, 0.05) is 11.4 Å². The van der Waals surface area contributed by atoms with Crippen LogP contribution >= 0.6 is 0 Å². The molecule has 2 nitrogen and oxygen atoms in total. The van der Waals surface area contributed by atoms with E-state index in [2.05, 4.69) is 31.2 Å². The Balaban J connectivity index is 1.75. The Bertz CT molecular complexity index is 631. The van der Waals surface area contributed by atoms with Crippen LogP contribution in [-0.2, 0) is 6.42 Å². The minimum atomic E-state index is 0.806. The van der Waals surface area contributed by atoms with Crippen molar-refractivity contribution in [3.8, 4) is 11.1 Å². The summed E-state index contributed by atoms with van der Waals surface area (Å²) in [6.45, 7) is 2.28. The lowest BCUT2D eigenvalue weighted by molar-refractivity contribution is 0.556. The van der Waals surface area contributed by atoms with E-state index < -0.39 is 0 Å². The average Bonchev–Trinajstić information content (AvgIpc) is 2.64. The zero-order chi connectivity index (χ0) is 18.6. The molecule has 26 heavy (non-hydrogen) atoms. The molecule has 0 aromatic heterocycles. The standard InChI is InChI=1S/C24H36N2/c1-2-3-4-5-6-7-8-9-10-11-12-21-19-23(26)17-18-24(21)20-13-15-22(25)16-14-20/h13-19H,2-12,25-26H2,1H3. The van der Waals surface area contributed by atoms with Crippen LogP contribution in [0.25, 0.3) is 11.1 Å². The van der Waals surface area contributed by atoms with E-state index in [9.17, 15) is 0 Å². The molecule has 0 saturated heterocycles. The molecule has 2 aromatic rings. The van der Waals surface area contributed by atoms with Gasteiger partial charge in [-0.15, -0.1) is 0 Å². The number of aryl methyl sites for hydroxylation is 1. The van der Waals surface area contributed by atoms with Crippen LogP contribution in [0.2, 0.25) is 0 Å². The monoisotopic (exact) mass is 352 g/mol. The highest BCUT2D eigenvalue weighted by atomic mass is 14.5. The molecule has 4 N–H and O–H groups in total. The van der Waals surface area contributed by atoms with Crippen molar-refractivity contribution in [1.82, 2.24) is 0 Å². The lowest BCUT2D eigenvalue weighted by Gasteiger charge is -2.11. The number of rotatable bonds is 12. The second-order valence-corrected chi connectivity index (χ2v) is 7.47. The maximum Gasteiger partial charge on any atom is 0.0317 e. The van der Waals surface area contributed by atoms with Gasteiger partial charge >= 0.3 is 0 Å². The summed E-state index contributed by atoms with van der Waals surface area (Å²) in [6.07, 6.45) is 14.8. The molecule has 142 valence electrons. The second-order valence-electron chi connectivity index (χ2n) is 7.47. The van der Waals surface area contributed by atoms with E-state index in [4.69, 9.17) is 11.5 Å². The fraction of sp³-hybridized carbons (Fsp3) is 0.500. The highest BCUT2D eigenvalue weighted by molar-refractivity contribution is 5.71. The molecule has 0 fully saturated rings. The number of hydrogen-bond acceptors (Lipinski definition) is 2. The van der Waals surface area contributed by atoms with E-state index in [-0.39, 0.29) is 0 Å². The van der Waals surface area contributed by atoms with Gasteiger partial charge in [-0.25, -0.2) is 0 Å². The van der Waals surface area contributed by atoms with E-state index >= 15 is 0 Å². The molecule has 0 bridgehead atoms. The maximum absolute atomic E-state index is 6.03. The quantitative estimate of drug-likeness (QED) is 0.320. The van der Waals surface area contributed by atoms with Crippen LogP contribution in [0.3, 0.4) is 0 Å². The first-order valence-electron chi connectivity index (χ1n) is 10.4. The fourth-order valence-corrected chi connectivity index (χ4v) is 3.57. The van der Waals surface area contributed by atoms with Crippen LogP contribution in [0.1, 0.15) is 76.7 Å². The molecule has 0 spiro atoms. The molecule has 0 aliphatic rings. The van der Waals surface area contributed by atoms with Crippen LogP contribution in [0, 0.1) is 0 Å². The van der Waals surface area contributed by atoms with Crippen LogP contribution in [0.4, 0.5) is 11.4 Å². The van der Waals surface area contributed by atoms with E-state index in [1.807, 2.05) is 18.2 Å². The van der Waals surface area contributed by atoms with Crippen molar-refractivity contribution in [3.63, 3.8) is 0 Å².